The lowest BCUT2D eigenvalue weighted by atomic mass is 10.1. The molecule has 2 aromatic carbocycles. The molecular formula is C18H17ClN2O4. The van der Waals surface area contributed by atoms with Gasteiger partial charge in [-0.3, -0.25) is 9.59 Å². The maximum absolute atomic E-state index is 12.0. The number of amides is 2. The Balaban J connectivity index is 1.99. The Morgan fingerprint density at radius 1 is 1.04 bits per heavy atom. The minimum Gasteiger partial charge on any atom is -0.465 e. The van der Waals surface area contributed by atoms with Crippen molar-refractivity contribution >= 4 is 40.8 Å². The maximum Gasteiger partial charge on any atom is 0.339 e. The van der Waals surface area contributed by atoms with E-state index in [4.69, 9.17) is 11.6 Å². The van der Waals surface area contributed by atoms with Crippen molar-refractivity contribution in [3.8, 4) is 0 Å². The van der Waals surface area contributed by atoms with Gasteiger partial charge in [0, 0.05) is 10.7 Å². The highest BCUT2D eigenvalue weighted by Crippen LogP contribution is 2.20. The van der Waals surface area contributed by atoms with Gasteiger partial charge < -0.3 is 15.4 Å². The topological polar surface area (TPSA) is 84.5 Å². The van der Waals surface area contributed by atoms with Gasteiger partial charge in [-0.1, -0.05) is 29.8 Å². The average molecular weight is 361 g/mol. The van der Waals surface area contributed by atoms with E-state index >= 15 is 0 Å². The number of benzene rings is 2. The first-order valence-corrected chi connectivity index (χ1v) is 7.81. The first-order valence-electron chi connectivity index (χ1n) is 7.44. The number of halogens is 1. The summed E-state index contributed by atoms with van der Waals surface area (Å²) in [6.45, 7) is 1.85. The van der Waals surface area contributed by atoms with Crippen molar-refractivity contribution in [2.75, 3.05) is 17.7 Å². The summed E-state index contributed by atoms with van der Waals surface area (Å²) in [5.41, 5.74) is 1.88. The molecule has 0 spiro atoms. The fraction of sp³-hybridized carbons (Fsp3) is 0.167. The molecule has 2 aromatic rings. The van der Waals surface area contributed by atoms with Gasteiger partial charge in [0.2, 0.25) is 11.8 Å². The summed E-state index contributed by atoms with van der Waals surface area (Å²) in [5.74, 6) is -1.62. The number of rotatable bonds is 5. The third kappa shape index (κ3) is 5.06. The second-order valence-electron chi connectivity index (χ2n) is 5.27. The van der Waals surface area contributed by atoms with E-state index in [0.29, 0.717) is 10.7 Å². The fourth-order valence-electron chi connectivity index (χ4n) is 2.10. The first-order chi connectivity index (χ1) is 11.9. The molecule has 25 heavy (non-hydrogen) atoms. The summed E-state index contributed by atoms with van der Waals surface area (Å²) in [7, 11) is 1.25. The van der Waals surface area contributed by atoms with E-state index in [0.717, 1.165) is 5.56 Å². The molecule has 0 radical (unpaired) electrons. The third-order valence-electron chi connectivity index (χ3n) is 3.38. The molecule has 0 unspecified atom stereocenters. The molecule has 2 N–H and O–H groups in total. The number of carbonyl (C=O) groups excluding carboxylic acids is 3. The summed E-state index contributed by atoms with van der Waals surface area (Å²) < 4.78 is 4.66. The second kappa shape index (κ2) is 8.30. The Bertz CT molecular complexity index is 820. The molecule has 0 atom stereocenters. The SMILES string of the molecule is COC(=O)c1ccccc1NC(=O)CC(=O)Nc1ccc(C)c(Cl)c1. The van der Waals surface area contributed by atoms with E-state index in [1.54, 1.807) is 36.4 Å². The number of hydrogen-bond acceptors (Lipinski definition) is 4. The van der Waals surface area contributed by atoms with Gasteiger partial charge in [0.15, 0.2) is 0 Å². The monoisotopic (exact) mass is 360 g/mol. The van der Waals surface area contributed by atoms with E-state index in [1.807, 2.05) is 6.92 Å². The zero-order valence-electron chi connectivity index (χ0n) is 13.8. The van der Waals surface area contributed by atoms with Crippen LogP contribution in [0.1, 0.15) is 22.3 Å². The van der Waals surface area contributed by atoms with Gasteiger partial charge in [0.1, 0.15) is 6.42 Å². The van der Waals surface area contributed by atoms with E-state index in [9.17, 15) is 14.4 Å². The van der Waals surface area contributed by atoms with Crippen LogP contribution >= 0.6 is 11.6 Å². The molecule has 0 heterocycles. The van der Waals surface area contributed by atoms with E-state index in [1.165, 1.54) is 13.2 Å². The van der Waals surface area contributed by atoms with Crippen molar-refractivity contribution in [1.82, 2.24) is 0 Å². The zero-order chi connectivity index (χ0) is 18.4. The normalized spacial score (nSPS) is 10.0. The molecule has 130 valence electrons. The van der Waals surface area contributed by atoms with Gasteiger partial charge in [-0.05, 0) is 36.8 Å². The van der Waals surface area contributed by atoms with Gasteiger partial charge in [-0.2, -0.15) is 0 Å². The molecule has 0 aliphatic rings. The molecule has 0 aliphatic carbocycles. The molecular weight excluding hydrogens is 344 g/mol. The van der Waals surface area contributed by atoms with Gasteiger partial charge in [0.05, 0.1) is 18.4 Å². The van der Waals surface area contributed by atoms with Crippen LogP contribution in [0, 0.1) is 6.92 Å². The number of hydrogen-bond donors (Lipinski definition) is 2. The molecule has 0 bridgehead atoms. The molecule has 7 heteroatoms. The molecule has 0 saturated carbocycles. The molecule has 0 saturated heterocycles. The Labute approximate surface area is 150 Å². The molecule has 0 aromatic heterocycles. The van der Waals surface area contributed by atoms with E-state index in [2.05, 4.69) is 15.4 Å². The van der Waals surface area contributed by atoms with Crippen LogP contribution in [-0.4, -0.2) is 24.9 Å². The lowest BCUT2D eigenvalue weighted by molar-refractivity contribution is -0.123. The Kier molecular flexibility index (Phi) is 6.14. The number of anilines is 2. The predicted octanol–water partition coefficient (Wildman–Crippen LogP) is 3.40. The first kappa shape index (κ1) is 18.5. The summed E-state index contributed by atoms with van der Waals surface area (Å²) in [6, 6.07) is 11.5. The summed E-state index contributed by atoms with van der Waals surface area (Å²) in [6.07, 6.45) is -0.402. The highest BCUT2D eigenvalue weighted by Gasteiger charge is 2.15. The van der Waals surface area contributed by atoms with E-state index in [-0.39, 0.29) is 11.3 Å². The van der Waals surface area contributed by atoms with Gasteiger partial charge in [0.25, 0.3) is 0 Å². The zero-order valence-corrected chi connectivity index (χ0v) is 14.5. The lowest BCUT2D eigenvalue weighted by Crippen LogP contribution is -2.22. The number of aryl methyl sites for hydroxylation is 1. The highest BCUT2D eigenvalue weighted by molar-refractivity contribution is 6.31. The summed E-state index contributed by atoms with van der Waals surface area (Å²) in [4.78, 5) is 35.7. The molecule has 2 rings (SSSR count). The third-order valence-corrected chi connectivity index (χ3v) is 3.79. The van der Waals surface area contributed by atoms with Crippen LogP contribution in [0.25, 0.3) is 0 Å². The Morgan fingerprint density at radius 2 is 1.72 bits per heavy atom. The minimum atomic E-state index is -0.574. The van der Waals surface area contributed by atoms with Crippen LogP contribution in [0.2, 0.25) is 5.02 Å². The van der Waals surface area contributed by atoms with Crippen molar-refractivity contribution in [3.63, 3.8) is 0 Å². The predicted molar refractivity (Wildman–Crippen MR) is 95.8 cm³/mol. The number of para-hydroxylation sites is 1. The van der Waals surface area contributed by atoms with Crippen LogP contribution in [0.3, 0.4) is 0 Å². The fourth-order valence-corrected chi connectivity index (χ4v) is 2.28. The molecule has 2 amide bonds. The molecule has 0 fully saturated rings. The standard InChI is InChI=1S/C18H17ClN2O4/c1-11-7-8-12(9-14(11)19)20-16(22)10-17(23)21-15-6-4-3-5-13(15)18(24)25-2/h3-9H,10H2,1-2H3,(H,20,22)(H,21,23). The van der Waals surface area contributed by atoms with Crippen LogP contribution in [0.5, 0.6) is 0 Å². The second-order valence-corrected chi connectivity index (χ2v) is 5.68. The van der Waals surface area contributed by atoms with Crippen molar-refractivity contribution in [2.24, 2.45) is 0 Å². The molecule has 0 aliphatic heterocycles. The highest BCUT2D eigenvalue weighted by atomic mass is 35.5. The van der Waals surface area contributed by atoms with Gasteiger partial charge in [-0.25, -0.2) is 4.79 Å². The summed E-state index contributed by atoms with van der Waals surface area (Å²) >= 11 is 6.00. The molecule has 6 nitrogen and oxygen atoms in total. The maximum atomic E-state index is 12.0. The number of methoxy groups -OCH3 is 1. The number of nitrogens with one attached hydrogen (secondary N) is 2. The number of ether oxygens (including phenoxy) is 1. The van der Waals surface area contributed by atoms with Crippen molar-refractivity contribution in [2.45, 2.75) is 13.3 Å². The van der Waals surface area contributed by atoms with Gasteiger partial charge >= 0.3 is 5.97 Å². The smallest absolute Gasteiger partial charge is 0.339 e. The van der Waals surface area contributed by atoms with Gasteiger partial charge in [-0.15, -0.1) is 0 Å². The largest absolute Gasteiger partial charge is 0.465 e. The van der Waals surface area contributed by atoms with Crippen molar-refractivity contribution < 1.29 is 19.1 Å². The average Bonchev–Trinajstić information content (AvgIpc) is 2.57. The Morgan fingerprint density at radius 3 is 2.40 bits per heavy atom. The Hall–Kier alpha value is -2.86. The van der Waals surface area contributed by atoms with Crippen LogP contribution < -0.4 is 10.6 Å². The lowest BCUT2D eigenvalue weighted by Gasteiger charge is -2.10. The van der Waals surface area contributed by atoms with Crippen LogP contribution in [0.4, 0.5) is 11.4 Å². The van der Waals surface area contributed by atoms with Crippen LogP contribution in [-0.2, 0) is 14.3 Å². The minimum absolute atomic E-state index is 0.212. The van der Waals surface area contributed by atoms with Crippen LogP contribution in [0.15, 0.2) is 42.5 Å². The quantitative estimate of drug-likeness (QED) is 0.632. The summed E-state index contributed by atoms with van der Waals surface area (Å²) in [5, 5.41) is 5.66. The van der Waals surface area contributed by atoms with E-state index < -0.39 is 24.2 Å². The van der Waals surface area contributed by atoms with Crippen molar-refractivity contribution in [3.05, 3.63) is 58.6 Å². The number of carbonyl (C=O) groups is 3. The van der Waals surface area contributed by atoms with Crippen molar-refractivity contribution in [1.29, 1.82) is 0 Å². The number of esters is 1.